The number of halogens is 3. The van der Waals surface area contributed by atoms with E-state index in [1.54, 1.807) is 6.92 Å². The Kier molecular flexibility index (Phi) is 5.01. The van der Waals surface area contributed by atoms with E-state index >= 15 is 0 Å². The summed E-state index contributed by atoms with van der Waals surface area (Å²) in [7, 11) is -1.00. The van der Waals surface area contributed by atoms with E-state index in [4.69, 9.17) is 5.73 Å². The first-order valence-corrected chi connectivity index (χ1v) is 6.89. The summed E-state index contributed by atoms with van der Waals surface area (Å²) in [5.74, 6) is 0.813. The molecule has 1 aromatic rings. The molecule has 1 unspecified atom stereocenters. The summed E-state index contributed by atoms with van der Waals surface area (Å²) in [6.07, 6.45) is -4.46. The van der Waals surface area contributed by atoms with E-state index in [9.17, 15) is 17.4 Å². The highest BCUT2D eigenvalue weighted by Crippen LogP contribution is 2.35. The molecule has 0 aliphatic heterocycles. The number of alkyl halides is 3. The van der Waals surface area contributed by atoms with Crippen molar-refractivity contribution in [3.63, 3.8) is 0 Å². The first-order chi connectivity index (χ1) is 8.34. The lowest BCUT2D eigenvalue weighted by atomic mass is 10.1. The maximum absolute atomic E-state index is 12.7. The molecule has 0 heterocycles. The summed E-state index contributed by atoms with van der Waals surface area (Å²) in [4.78, 5) is 0. The van der Waals surface area contributed by atoms with Gasteiger partial charge in [0, 0.05) is 40.2 Å². The predicted octanol–water partition coefficient (Wildman–Crippen LogP) is 2.47. The van der Waals surface area contributed by atoms with E-state index in [1.807, 2.05) is 0 Å². The van der Waals surface area contributed by atoms with Crippen LogP contribution in [0.5, 0.6) is 0 Å². The number of anilines is 2. The summed E-state index contributed by atoms with van der Waals surface area (Å²) in [6, 6.07) is 3.57. The van der Waals surface area contributed by atoms with E-state index in [2.05, 4.69) is 5.32 Å². The molecule has 3 N–H and O–H groups in total. The van der Waals surface area contributed by atoms with Crippen LogP contribution in [0, 0.1) is 0 Å². The van der Waals surface area contributed by atoms with Gasteiger partial charge in [0.15, 0.2) is 0 Å². The SMILES string of the molecule is CCS(=O)CCNc1ccc(N)cc1C(F)(F)F. The third-order valence-electron chi connectivity index (χ3n) is 2.32. The first kappa shape index (κ1) is 14.8. The molecule has 0 radical (unpaired) electrons. The first-order valence-electron chi connectivity index (χ1n) is 5.40. The molecule has 7 heteroatoms. The highest BCUT2D eigenvalue weighted by atomic mass is 32.2. The van der Waals surface area contributed by atoms with Crippen LogP contribution in [0.4, 0.5) is 24.5 Å². The van der Waals surface area contributed by atoms with Crippen molar-refractivity contribution in [2.24, 2.45) is 0 Å². The maximum atomic E-state index is 12.7. The van der Waals surface area contributed by atoms with Crippen LogP contribution < -0.4 is 11.1 Å². The molecule has 0 amide bonds. The molecule has 0 saturated carbocycles. The fraction of sp³-hybridized carbons (Fsp3) is 0.455. The molecule has 1 aromatic carbocycles. The number of nitrogen functional groups attached to an aromatic ring is 1. The van der Waals surface area contributed by atoms with Crippen LogP contribution in [0.1, 0.15) is 12.5 Å². The second kappa shape index (κ2) is 6.08. The number of rotatable bonds is 5. The van der Waals surface area contributed by atoms with Gasteiger partial charge in [-0.25, -0.2) is 0 Å². The van der Waals surface area contributed by atoms with Crippen LogP contribution >= 0.6 is 0 Å². The molecule has 0 bridgehead atoms. The maximum Gasteiger partial charge on any atom is 0.418 e. The molecule has 1 rings (SSSR count). The van der Waals surface area contributed by atoms with E-state index in [-0.39, 0.29) is 17.9 Å². The number of nitrogens with two attached hydrogens (primary N) is 1. The molecule has 1 atom stereocenters. The van der Waals surface area contributed by atoms with Gasteiger partial charge in [-0.05, 0) is 18.2 Å². The van der Waals surface area contributed by atoms with Gasteiger partial charge in [0.2, 0.25) is 0 Å². The molecule has 3 nitrogen and oxygen atoms in total. The fourth-order valence-electron chi connectivity index (χ4n) is 1.39. The van der Waals surface area contributed by atoms with Crippen LogP contribution in [-0.4, -0.2) is 22.3 Å². The predicted molar refractivity (Wildman–Crippen MR) is 67.9 cm³/mol. The monoisotopic (exact) mass is 280 g/mol. The van der Waals surface area contributed by atoms with Crippen molar-refractivity contribution < 1.29 is 17.4 Å². The van der Waals surface area contributed by atoms with Crippen LogP contribution in [0.25, 0.3) is 0 Å². The van der Waals surface area contributed by atoms with Gasteiger partial charge < -0.3 is 11.1 Å². The van der Waals surface area contributed by atoms with Crippen molar-refractivity contribution >= 4 is 22.2 Å². The molecule has 0 spiro atoms. The standard InChI is InChI=1S/C11H15F3N2OS/c1-2-18(17)6-5-16-10-4-3-8(15)7-9(10)11(12,13)14/h3-4,7,16H,2,5-6,15H2,1H3. The van der Waals surface area contributed by atoms with Gasteiger partial charge >= 0.3 is 6.18 Å². The summed E-state index contributed by atoms with van der Waals surface area (Å²) < 4.78 is 49.3. The summed E-state index contributed by atoms with van der Waals surface area (Å²) in [5.41, 5.74) is 4.57. The molecule has 18 heavy (non-hydrogen) atoms. The van der Waals surface area contributed by atoms with Gasteiger partial charge in [-0.3, -0.25) is 4.21 Å². The van der Waals surface area contributed by atoms with Gasteiger partial charge in [-0.15, -0.1) is 0 Å². The molecule has 0 aliphatic carbocycles. The smallest absolute Gasteiger partial charge is 0.399 e. The zero-order valence-corrected chi connectivity index (χ0v) is 10.7. The fourth-order valence-corrected chi connectivity index (χ4v) is 2.01. The Morgan fingerprint density at radius 2 is 2.06 bits per heavy atom. The minimum Gasteiger partial charge on any atom is -0.399 e. The van der Waals surface area contributed by atoms with Gasteiger partial charge in [-0.1, -0.05) is 6.92 Å². The normalized spacial score (nSPS) is 13.3. The minimum atomic E-state index is -4.46. The van der Waals surface area contributed by atoms with E-state index in [1.165, 1.54) is 12.1 Å². The topological polar surface area (TPSA) is 55.1 Å². The minimum absolute atomic E-state index is 0.0372. The molecule has 0 saturated heterocycles. The van der Waals surface area contributed by atoms with Crippen LogP contribution in [0.2, 0.25) is 0 Å². The van der Waals surface area contributed by atoms with Gasteiger partial charge in [0.1, 0.15) is 0 Å². The van der Waals surface area contributed by atoms with E-state index in [0.717, 1.165) is 6.07 Å². The average Bonchev–Trinajstić information content (AvgIpc) is 2.29. The second-order valence-electron chi connectivity index (χ2n) is 3.66. The van der Waals surface area contributed by atoms with Crippen LogP contribution in [-0.2, 0) is 17.0 Å². The van der Waals surface area contributed by atoms with E-state index < -0.39 is 22.5 Å². The van der Waals surface area contributed by atoms with Gasteiger partial charge in [0.25, 0.3) is 0 Å². The summed E-state index contributed by atoms with van der Waals surface area (Å²) >= 11 is 0. The third kappa shape index (κ3) is 4.21. The van der Waals surface area contributed by atoms with Crippen molar-refractivity contribution in [3.05, 3.63) is 23.8 Å². The Bertz CT molecular complexity index is 435. The van der Waals surface area contributed by atoms with Crippen molar-refractivity contribution in [1.82, 2.24) is 0 Å². The lowest BCUT2D eigenvalue weighted by Crippen LogP contribution is -2.16. The van der Waals surface area contributed by atoms with Crippen molar-refractivity contribution in [1.29, 1.82) is 0 Å². The largest absolute Gasteiger partial charge is 0.418 e. The average molecular weight is 280 g/mol. The molecule has 0 aromatic heterocycles. The quantitative estimate of drug-likeness (QED) is 0.815. The highest BCUT2D eigenvalue weighted by molar-refractivity contribution is 7.84. The molecule has 0 aliphatic rings. The Hall–Kier alpha value is -1.24. The Balaban J connectivity index is 2.79. The van der Waals surface area contributed by atoms with Crippen molar-refractivity contribution in [2.45, 2.75) is 13.1 Å². The lowest BCUT2D eigenvalue weighted by Gasteiger charge is -2.15. The summed E-state index contributed by atoms with van der Waals surface area (Å²) in [6.45, 7) is 1.99. The molecule has 0 fully saturated rings. The molecular weight excluding hydrogens is 265 g/mol. The van der Waals surface area contributed by atoms with E-state index in [0.29, 0.717) is 11.5 Å². The number of benzene rings is 1. The van der Waals surface area contributed by atoms with Crippen molar-refractivity contribution in [2.75, 3.05) is 29.1 Å². The third-order valence-corrected chi connectivity index (χ3v) is 3.62. The molecule has 102 valence electrons. The Labute approximate surface area is 106 Å². The summed E-state index contributed by atoms with van der Waals surface area (Å²) in [5, 5.41) is 2.64. The second-order valence-corrected chi connectivity index (χ2v) is 5.53. The van der Waals surface area contributed by atoms with Crippen molar-refractivity contribution in [3.8, 4) is 0 Å². The highest BCUT2D eigenvalue weighted by Gasteiger charge is 2.33. The number of hydrogen-bond donors (Lipinski definition) is 2. The Morgan fingerprint density at radius 1 is 1.39 bits per heavy atom. The Morgan fingerprint density at radius 3 is 2.61 bits per heavy atom. The lowest BCUT2D eigenvalue weighted by molar-refractivity contribution is -0.136. The zero-order valence-electron chi connectivity index (χ0n) is 9.88. The number of hydrogen-bond acceptors (Lipinski definition) is 3. The van der Waals surface area contributed by atoms with Gasteiger partial charge in [0.05, 0.1) is 5.56 Å². The van der Waals surface area contributed by atoms with Crippen LogP contribution in [0.3, 0.4) is 0 Å². The zero-order chi connectivity index (χ0) is 13.8. The van der Waals surface area contributed by atoms with Gasteiger partial charge in [-0.2, -0.15) is 13.2 Å². The number of nitrogens with one attached hydrogen (secondary N) is 1. The molecular formula is C11H15F3N2OS. The van der Waals surface area contributed by atoms with Crippen LogP contribution in [0.15, 0.2) is 18.2 Å².